The number of esters is 1. The van der Waals surface area contributed by atoms with Crippen LogP contribution in [-0.4, -0.2) is 31.6 Å². The summed E-state index contributed by atoms with van der Waals surface area (Å²) in [4.78, 5) is 13.9. The molecule has 1 aliphatic rings. The average Bonchev–Trinajstić information content (AvgIpc) is 2.78. The summed E-state index contributed by atoms with van der Waals surface area (Å²) in [5.74, 6) is 2.31. The van der Waals surface area contributed by atoms with Crippen molar-refractivity contribution in [2.75, 3.05) is 20.7 Å². The molecule has 0 bridgehead atoms. The highest BCUT2D eigenvalue weighted by molar-refractivity contribution is 5.80. The van der Waals surface area contributed by atoms with Crippen LogP contribution in [0, 0.1) is 12.3 Å². The summed E-state index contributed by atoms with van der Waals surface area (Å²) in [5, 5.41) is 0. The lowest BCUT2D eigenvalue weighted by Crippen LogP contribution is -2.24. The Balaban J connectivity index is 2.33. The molecule has 0 saturated heterocycles. The zero-order valence-corrected chi connectivity index (χ0v) is 10.7. The van der Waals surface area contributed by atoms with Crippen molar-refractivity contribution >= 4 is 5.97 Å². The van der Waals surface area contributed by atoms with E-state index < -0.39 is 0 Å². The van der Waals surface area contributed by atoms with Gasteiger partial charge in [-0.25, -0.2) is 0 Å². The van der Waals surface area contributed by atoms with E-state index in [-0.39, 0.29) is 17.9 Å². The lowest BCUT2D eigenvalue weighted by atomic mass is 10.0. The number of ether oxygens (including phenoxy) is 1. The fraction of sp³-hybridized carbons (Fsp3) is 0.400. The van der Waals surface area contributed by atoms with Gasteiger partial charge in [0.15, 0.2) is 0 Å². The SMILES string of the molecule is C#CCN(C)C1CC(C(=O)OC)c2ccccc21. The van der Waals surface area contributed by atoms with Gasteiger partial charge in [-0.2, -0.15) is 0 Å². The number of hydrogen-bond acceptors (Lipinski definition) is 3. The van der Waals surface area contributed by atoms with Gasteiger partial charge in [-0.3, -0.25) is 9.69 Å². The van der Waals surface area contributed by atoms with Crippen LogP contribution in [0.25, 0.3) is 0 Å². The molecule has 3 nitrogen and oxygen atoms in total. The molecule has 2 unspecified atom stereocenters. The van der Waals surface area contributed by atoms with E-state index in [9.17, 15) is 4.79 Å². The van der Waals surface area contributed by atoms with Crippen LogP contribution < -0.4 is 0 Å². The third-order valence-corrected chi connectivity index (χ3v) is 3.55. The molecule has 0 heterocycles. The molecule has 0 spiro atoms. The number of nitrogens with zero attached hydrogens (tertiary/aromatic N) is 1. The maximum absolute atomic E-state index is 11.8. The lowest BCUT2D eigenvalue weighted by Gasteiger charge is -2.22. The molecule has 1 aromatic rings. The quantitative estimate of drug-likeness (QED) is 0.600. The molecule has 0 N–H and O–H groups in total. The Morgan fingerprint density at radius 1 is 1.50 bits per heavy atom. The molecule has 2 atom stereocenters. The Morgan fingerprint density at radius 2 is 2.17 bits per heavy atom. The molecule has 18 heavy (non-hydrogen) atoms. The molecule has 1 aliphatic carbocycles. The number of carbonyl (C=O) groups excluding carboxylic acids is 1. The van der Waals surface area contributed by atoms with Crippen molar-refractivity contribution in [3.8, 4) is 12.3 Å². The predicted molar refractivity (Wildman–Crippen MR) is 70.0 cm³/mol. The Kier molecular flexibility index (Phi) is 3.69. The highest BCUT2D eigenvalue weighted by Crippen LogP contribution is 2.43. The molecule has 2 rings (SSSR count). The summed E-state index contributed by atoms with van der Waals surface area (Å²) < 4.78 is 4.88. The molecule has 0 aromatic heterocycles. The summed E-state index contributed by atoms with van der Waals surface area (Å²) >= 11 is 0. The van der Waals surface area contributed by atoms with Crippen molar-refractivity contribution in [3.63, 3.8) is 0 Å². The minimum atomic E-state index is -0.170. The number of benzene rings is 1. The van der Waals surface area contributed by atoms with Crippen molar-refractivity contribution in [2.24, 2.45) is 0 Å². The highest BCUT2D eigenvalue weighted by atomic mass is 16.5. The first kappa shape index (κ1) is 12.7. The van der Waals surface area contributed by atoms with Gasteiger partial charge in [-0.05, 0) is 24.6 Å². The minimum absolute atomic E-state index is 0.168. The van der Waals surface area contributed by atoms with Crippen molar-refractivity contribution in [3.05, 3.63) is 35.4 Å². The average molecular weight is 243 g/mol. The second-order valence-electron chi connectivity index (χ2n) is 4.58. The Morgan fingerprint density at radius 3 is 2.78 bits per heavy atom. The van der Waals surface area contributed by atoms with Crippen molar-refractivity contribution in [1.29, 1.82) is 0 Å². The standard InChI is InChI=1S/C15H17NO2/c1-4-9-16(2)14-10-13(15(17)18-3)11-7-5-6-8-12(11)14/h1,5-8,13-14H,9-10H2,2-3H3. The molecule has 3 heteroatoms. The summed E-state index contributed by atoms with van der Waals surface area (Å²) in [6.07, 6.45) is 6.09. The molecule has 94 valence electrons. The Labute approximate surface area is 108 Å². The first-order valence-electron chi connectivity index (χ1n) is 5.99. The zero-order valence-electron chi connectivity index (χ0n) is 10.7. The monoisotopic (exact) mass is 243 g/mol. The van der Waals surface area contributed by atoms with E-state index >= 15 is 0 Å². The smallest absolute Gasteiger partial charge is 0.313 e. The zero-order chi connectivity index (χ0) is 13.1. The van der Waals surface area contributed by atoms with Gasteiger partial charge >= 0.3 is 5.97 Å². The van der Waals surface area contributed by atoms with Gasteiger partial charge in [0.05, 0.1) is 19.6 Å². The summed E-state index contributed by atoms with van der Waals surface area (Å²) in [6.45, 7) is 0.576. The van der Waals surface area contributed by atoms with Crippen LogP contribution in [0.1, 0.15) is 29.5 Å². The third-order valence-electron chi connectivity index (χ3n) is 3.55. The van der Waals surface area contributed by atoms with E-state index in [0.29, 0.717) is 6.54 Å². The largest absolute Gasteiger partial charge is 0.469 e. The van der Waals surface area contributed by atoms with Crippen LogP contribution in [0.2, 0.25) is 0 Å². The van der Waals surface area contributed by atoms with Gasteiger partial charge in [0.2, 0.25) is 0 Å². The second-order valence-corrected chi connectivity index (χ2v) is 4.58. The molecule has 0 amide bonds. The molecule has 0 radical (unpaired) electrons. The van der Waals surface area contributed by atoms with Gasteiger partial charge in [0.25, 0.3) is 0 Å². The number of methoxy groups -OCH3 is 1. The van der Waals surface area contributed by atoms with E-state index in [2.05, 4.69) is 16.9 Å². The molecule has 0 fully saturated rings. The molecule has 0 saturated carbocycles. The van der Waals surface area contributed by atoms with Crippen LogP contribution in [0.3, 0.4) is 0 Å². The maximum Gasteiger partial charge on any atom is 0.313 e. The second kappa shape index (κ2) is 5.24. The predicted octanol–water partition coefficient (Wildman–Crippen LogP) is 1.95. The molecular weight excluding hydrogens is 226 g/mol. The van der Waals surface area contributed by atoms with Crippen LogP contribution in [0.15, 0.2) is 24.3 Å². The van der Waals surface area contributed by atoms with Gasteiger partial charge in [0.1, 0.15) is 0 Å². The van der Waals surface area contributed by atoms with Gasteiger partial charge in [-0.15, -0.1) is 6.42 Å². The lowest BCUT2D eigenvalue weighted by molar-refractivity contribution is -0.142. The number of hydrogen-bond donors (Lipinski definition) is 0. The van der Waals surface area contributed by atoms with Crippen LogP contribution in [0.4, 0.5) is 0 Å². The Hall–Kier alpha value is -1.79. The van der Waals surface area contributed by atoms with E-state index in [4.69, 9.17) is 11.2 Å². The first-order valence-corrected chi connectivity index (χ1v) is 5.99. The number of rotatable bonds is 3. The van der Waals surface area contributed by atoms with Crippen molar-refractivity contribution < 1.29 is 9.53 Å². The first-order chi connectivity index (χ1) is 8.69. The number of terminal acetylenes is 1. The van der Waals surface area contributed by atoms with E-state index in [1.807, 2.05) is 25.2 Å². The molecule has 0 aliphatic heterocycles. The van der Waals surface area contributed by atoms with E-state index in [1.165, 1.54) is 12.7 Å². The van der Waals surface area contributed by atoms with Crippen LogP contribution >= 0.6 is 0 Å². The highest BCUT2D eigenvalue weighted by Gasteiger charge is 2.37. The van der Waals surface area contributed by atoms with Crippen LogP contribution in [0.5, 0.6) is 0 Å². The van der Waals surface area contributed by atoms with Crippen LogP contribution in [-0.2, 0) is 9.53 Å². The van der Waals surface area contributed by atoms with Crippen molar-refractivity contribution in [1.82, 2.24) is 4.90 Å². The normalized spacial score (nSPS) is 21.4. The van der Waals surface area contributed by atoms with E-state index in [0.717, 1.165) is 12.0 Å². The van der Waals surface area contributed by atoms with Crippen molar-refractivity contribution in [2.45, 2.75) is 18.4 Å². The molecular formula is C15H17NO2. The fourth-order valence-corrected chi connectivity index (χ4v) is 2.65. The third kappa shape index (κ3) is 2.12. The van der Waals surface area contributed by atoms with Gasteiger partial charge in [0, 0.05) is 6.04 Å². The summed E-state index contributed by atoms with van der Waals surface area (Å²) in [5.41, 5.74) is 2.25. The minimum Gasteiger partial charge on any atom is -0.469 e. The fourth-order valence-electron chi connectivity index (χ4n) is 2.65. The van der Waals surface area contributed by atoms with Gasteiger partial charge < -0.3 is 4.74 Å². The summed E-state index contributed by atoms with van der Waals surface area (Å²) in [7, 11) is 3.42. The Bertz CT molecular complexity index is 490. The number of carbonyl (C=O) groups is 1. The number of fused-ring (bicyclic) bond motifs is 1. The van der Waals surface area contributed by atoms with E-state index in [1.54, 1.807) is 0 Å². The van der Waals surface area contributed by atoms with Gasteiger partial charge in [-0.1, -0.05) is 30.2 Å². The summed E-state index contributed by atoms with van der Waals surface area (Å²) in [6, 6.07) is 8.21. The maximum atomic E-state index is 11.8. The molecule has 1 aromatic carbocycles. The topological polar surface area (TPSA) is 29.5 Å².